The molecule has 1 atom stereocenters. The maximum Gasteiger partial charge on any atom is 0.314 e. The quantitative estimate of drug-likeness (QED) is 0.762. The Hall–Kier alpha value is -2.27. The zero-order valence-corrected chi connectivity index (χ0v) is 12.0. The number of aliphatic hydroxyl groups is 1. The summed E-state index contributed by atoms with van der Waals surface area (Å²) in [4.78, 5) is 11.6. The first-order valence-corrected chi connectivity index (χ1v) is 6.94. The van der Waals surface area contributed by atoms with E-state index in [1.165, 1.54) is 17.4 Å². The predicted molar refractivity (Wildman–Crippen MR) is 80.0 cm³/mol. The molecule has 1 heterocycles. The van der Waals surface area contributed by atoms with Gasteiger partial charge < -0.3 is 20.2 Å². The Morgan fingerprint density at radius 1 is 1.29 bits per heavy atom. The van der Waals surface area contributed by atoms with E-state index in [-0.39, 0.29) is 12.6 Å². The second-order valence-corrected chi connectivity index (χ2v) is 4.91. The van der Waals surface area contributed by atoms with Crippen LogP contribution in [-0.4, -0.2) is 24.2 Å². The Kier molecular flexibility index (Phi) is 5.40. The second kappa shape index (κ2) is 7.50. The van der Waals surface area contributed by atoms with Crippen molar-refractivity contribution in [3.8, 4) is 0 Å². The molecular weight excluding hydrogens is 268 g/mol. The molecule has 5 heteroatoms. The SMILES string of the molecule is Cc1cccc(CCNC(=O)NCC(O)c2ccco2)c1. The zero-order chi connectivity index (χ0) is 15.1. The lowest BCUT2D eigenvalue weighted by Gasteiger charge is -2.11. The summed E-state index contributed by atoms with van der Waals surface area (Å²) in [5.74, 6) is 0.440. The molecule has 0 aliphatic rings. The summed E-state index contributed by atoms with van der Waals surface area (Å²) in [6.45, 7) is 2.70. The topological polar surface area (TPSA) is 74.5 Å². The van der Waals surface area contributed by atoms with Gasteiger partial charge in [-0.2, -0.15) is 0 Å². The van der Waals surface area contributed by atoms with E-state index in [1.54, 1.807) is 12.1 Å². The molecule has 0 radical (unpaired) electrons. The first kappa shape index (κ1) is 15.1. The van der Waals surface area contributed by atoms with Crippen molar-refractivity contribution in [2.24, 2.45) is 0 Å². The van der Waals surface area contributed by atoms with Crippen molar-refractivity contribution in [3.05, 3.63) is 59.5 Å². The van der Waals surface area contributed by atoms with Crippen LogP contribution < -0.4 is 10.6 Å². The number of hydrogen-bond donors (Lipinski definition) is 3. The monoisotopic (exact) mass is 288 g/mol. The third kappa shape index (κ3) is 4.96. The Morgan fingerprint density at radius 3 is 2.86 bits per heavy atom. The van der Waals surface area contributed by atoms with Crippen molar-refractivity contribution >= 4 is 6.03 Å². The largest absolute Gasteiger partial charge is 0.467 e. The van der Waals surface area contributed by atoms with Crippen molar-refractivity contribution in [2.75, 3.05) is 13.1 Å². The smallest absolute Gasteiger partial charge is 0.314 e. The number of amides is 2. The highest BCUT2D eigenvalue weighted by Crippen LogP contribution is 2.11. The van der Waals surface area contributed by atoms with Crippen molar-refractivity contribution in [1.29, 1.82) is 0 Å². The van der Waals surface area contributed by atoms with Gasteiger partial charge in [0.2, 0.25) is 0 Å². The molecule has 1 unspecified atom stereocenters. The van der Waals surface area contributed by atoms with Crippen LogP contribution in [0, 0.1) is 6.92 Å². The van der Waals surface area contributed by atoms with E-state index >= 15 is 0 Å². The molecule has 2 aromatic rings. The lowest BCUT2D eigenvalue weighted by molar-refractivity contribution is 0.148. The second-order valence-electron chi connectivity index (χ2n) is 4.91. The first-order chi connectivity index (χ1) is 10.1. The fourth-order valence-electron chi connectivity index (χ4n) is 2.02. The average Bonchev–Trinajstić information content (AvgIpc) is 2.99. The van der Waals surface area contributed by atoms with E-state index < -0.39 is 6.10 Å². The lowest BCUT2D eigenvalue weighted by Crippen LogP contribution is -2.38. The van der Waals surface area contributed by atoms with Gasteiger partial charge in [0.1, 0.15) is 11.9 Å². The van der Waals surface area contributed by atoms with Gasteiger partial charge in [-0.1, -0.05) is 29.8 Å². The molecule has 0 saturated carbocycles. The Morgan fingerprint density at radius 2 is 2.14 bits per heavy atom. The summed E-state index contributed by atoms with van der Waals surface area (Å²) in [6, 6.07) is 11.2. The molecule has 0 bridgehead atoms. The van der Waals surface area contributed by atoms with E-state index in [1.807, 2.05) is 25.1 Å². The number of urea groups is 1. The molecule has 2 rings (SSSR count). The third-order valence-electron chi connectivity index (χ3n) is 3.11. The Bertz CT molecular complexity index is 567. The molecule has 21 heavy (non-hydrogen) atoms. The summed E-state index contributed by atoms with van der Waals surface area (Å²) < 4.78 is 5.06. The minimum atomic E-state index is -0.831. The van der Waals surface area contributed by atoms with Crippen LogP contribution in [0.5, 0.6) is 0 Å². The molecule has 0 fully saturated rings. The van der Waals surface area contributed by atoms with Gasteiger partial charge in [0.05, 0.1) is 12.8 Å². The summed E-state index contributed by atoms with van der Waals surface area (Å²) in [5, 5.41) is 15.1. The molecule has 112 valence electrons. The van der Waals surface area contributed by atoms with Gasteiger partial charge in [-0.3, -0.25) is 0 Å². The molecule has 2 amide bonds. The number of furan rings is 1. The zero-order valence-electron chi connectivity index (χ0n) is 12.0. The van der Waals surface area contributed by atoms with Gasteiger partial charge in [0.25, 0.3) is 0 Å². The van der Waals surface area contributed by atoms with Crippen LogP contribution >= 0.6 is 0 Å². The van der Waals surface area contributed by atoms with E-state index in [0.717, 1.165) is 6.42 Å². The molecule has 3 N–H and O–H groups in total. The van der Waals surface area contributed by atoms with E-state index in [9.17, 15) is 9.90 Å². The number of aliphatic hydroxyl groups excluding tert-OH is 1. The van der Waals surface area contributed by atoms with Crippen LogP contribution in [-0.2, 0) is 6.42 Å². The maximum atomic E-state index is 11.6. The van der Waals surface area contributed by atoms with Gasteiger partial charge in [0, 0.05) is 6.54 Å². The summed E-state index contributed by atoms with van der Waals surface area (Å²) in [6.07, 6.45) is 1.43. The van der Waals surface area contributed by atoms with Crippen LogP contribution in [0.1, 0.15) is 23.0 Å². The normalized spacial score (nSPS) is 11.9. The standard InChI is InChI=1S/C16H20N2O3/c1-12-4-2-5-13(10-12)7-8-17-16(20)18-11-14(19)15-6-3-9-21-15/h2-6,9-10,14,19H,7-8,11H2,1H3,(H2,17,18,20). The third-order valence-corrected chi connectivity index (χ3v) is 3.11. The molecule has 0 aliphatic carbocycles. The highest BCUT2D eigenvalue weighted by molar-refractivity contribution is 5.73. The molecule has 0 aliphatic heterocycles. The first-order valence-electron chi connectivity index (χ1n) is 6.94. The Labute approximate surface area is 124 Å². The number of aryl methyl sites for hydroxylation is 1. The molecular formula is C16H20N2O3. The van der Waals surface area contributed by atoms with Crippen molar-refractivity contribution in [2.45, 2.75) is 19.4 Å². The van der Waals surface area contributed by atoms with Crippen LogP contribution in [0.4, 0.5) is 4.79 Å². The van der Waals surface area contributed by atoms with Gasteiger partial charge in [-0.15, -0.1) is 0 Å². The number of carbonyl (C=O) groups is 1. The highest BCUT2D eigenvalue weighted by Gasteiger charge is 2.11. The fourth-order valence-corrected chi connectivity index (χ4v) is 2.02. The maximum absolute atomic E-state index is 11.6. The Balaban J connectivity index is 1.66. The minimum Gasteiger partial charge on any atom is -0.467 e. The van der Waals surface area contributed by atoms with Gasteiger partial charge >= 0.3 is 6.03 Å². The van der Waals surface area contributed by atoms with Crippen molar-refractivity contribution in [3.63, 3.8) is 0 Å². The number of carbonyl (C=O) groups excluding carboxylic acids is 1. The molecule has 0 spiro atoms. The van der Waals surface area contributed by atoms with Crippen LogP contribution in [0.3, 0.4) is 0 Å². The van der Waals surface area contributed by atoms with Gasteiger partial charge in [-0.05, 0) is 31.0 Å². The fraction of sp³-hybridized carbons (Fsp3) is 0.312. The molecule has 5 nitrogen and oxygen atoms in total. The lowest BCUT2D eigenvalue weighted by atomic mass is 10.1. The van der Waals surface area contributed by atoms with E-state index in [2.05, 4.69) is 16.7 Å². The highest BCUT2D eigenvalue weighted by atomic mass is 16.4. The van der Waals surface area contributed by atoms with Gasteiger partial charge in [-0.25, -0.2) is 4.79 Å². The van der Waals surface area contributed by atoms with E-state index in [0.29, 0.717) is 12.3 Å². The van der Waals surface area contributed by atoms with Crippen LogP contribution in [0.15, 0.2) is 47.1 Å². The molecule has 0 saturated heterocycles. The number of hydrogen-bond acceptors (Lipinski definition) is 3. The van der Waals surface area contributed by atoms with Crippen molar-refractivity contribution < 1.29 is 14.3 Å². The summed E-state index contributed by atoms with van der Waals surface area (Å²) >= 11 is 0. The molecule has 1 aromatic carbocycles. The summed E-state index contributed by atoms with van der Waals surface area (Å²) in [7, 11) is 0. The van der Waals surface area contributed by atoms with Gasteiger partial charge in [0.15, 0.2) is 0 Å². The minimum absolute atomic E-state index is 0.115. The van der Waals surface area contributed by atoms with E-state index in [4.69, 9.17) is 4.42 Å². The number of benzene rings is 1. The number of nitrogens with one attached hydrogen (secondary N) is 2. The van der Waals surface area contributed by atoms with Crippen molar-refractivity contribution in [1.82, 2.24) is 10.6 Å². The number of rotatable bonds is 6. The van der Waals surface area contributed by atoms with Crippen LogP contribution in [0.25, 0.3) is 0 Å². The molecule has 1 aromatic heterocycles. The summed E-state index contributed by atoms with van der Waals surface area (Å²) in [5.41, 5.74) is 2.39. The predicted octanol–water partition coefficient (Wildman–Crippen LogP) is 2.16. The average molecular weight is 288 g/mol. The van der Waals surface area contributed by atoms with Crippen LogP contribution in [0.2, 0.25) is 0 Å².